The minimum atomic E-state index is -0.320. The van der Waals surface area contributed by atoms with Crippen LogP contribution in [0.3, 0.4) is 0 Å². The molecule has 0 unspecified atom stereocenters. The minimum Gasteiger partial charge on any atom is -0.493 e. The molecular formula is C20H20O6. The van der Waals surface area contributed by atoms with Gasteiger partial charge in [0.2, 0.25) is 0 Å². The van der Waals surface area contributed by atoms with Gasteiger partial charge < -0.3 is 18.9 Å². The van der Waals surface area contributed by atoms with Crippen LogP contribution in [0, 0.1) is 0 Å². The molecule has 0 radical (unpaired) electrons. The molecular weight excluding hydrogens is 336 g/mol. The van der Waals surface area contributed by atoms with Crippen LogP contribution in [0.2, 0.25) is 0 Å². The fourth-order valence-corrected chi connectivity index (χ4v) is 2.32. The van der Waals surface area contributed by atoms with Gasteiger partial charge in [-0.15, -0.1) is 0 Å². The Balaban J connectivity index is 2.18. The number of benzene rings is 2. The first-order valence-electron chi connectivity index (χ1n) is 7.74. The third-order valence-electron chi connectivity index (χ3n) is 3.72. The van der Waals surface area contributed by atoms with Crippen molar-refractivity contribution < 1.29 is 28.5 Å². The van der Waals surface area contributed by atoms with E-state index in [2.05, 4.69) is 0 Å². The molecule has 136 valence electrons. The van der Waals surface area contributed by atoms with Crippen molar-refractivity contribution in [1.29, 1.82) is 0 Å². The maximum atomic E-state index is 12.3. The summed E-state index contributed by atoms with van der Waals surface area (Å²) in [5.41, 5.74) is 0.776. The van der Waals surface area contributed by atoms with Gasteiger partial charge in [0.05, 0.1) is 28.4 Å². The van der Waals surface area contributed by atoms with Gasteiger partial charge in [0.15, 0.2) is 34.6 Å². The van der Waals surface area contributed by atoms with E-state index in [1.54, 1.807) is 36.4 Å². The minimum absolute atomic E-state index is 0.320. The summed E-state index contributed by atoms with van der Waals surface area (Å²) in [6, 6.07) is 9.61. The van der Waals surface area contributed by atoms with Crippen molar-refractivity contribution in [3.05, 3.63) is 59.7 Å². The summed E-state index contributed by atoms with van der Waals surface area (Å²) in [7, 11) is 6.01. The predicted octanol–water partition coefficient (Wildman–Crippen LogP) is 3.34. The van der Waals surface area contributed by atoms with E-state index < -0.39 is 0 Å². The monoisotopic (exact) mass is 356 g/mol. The highest BCUT2D eigenvalue weighted by Crippen LogP contribution is 2.29. The van der Waals surface area contributed by atoms with Gasteiger partial charge in [-0.1, -0.05) is 0 Å². The number of rotatable bonds is 8. The molecule has 0 spiro atoms. The average molecular weight is 356 g/mol. The molecule has 0 aliphatic carbocycles. The lowest BCUT2D eigenvalue weighted by atomic mass is 10.1. The lowest BCUT2D eigenvalue weighted by molar-refractivity contribution is 0.102. The number of hydrogen-bond donors (Lipinski definition) is 0. The normalized spacial score (nSPS) is 10.5. The molecule has 0 amide bonds. The van der Waals surface area contributed by atoms with Crippen molar-refractivity contribution in [3.8, 4) is 23.0 Å². The van der Waals surface area contributed by atoms with Crippen LogP contribution in [0.25, 0.3) is 0 Å². The van der Waals surface area contributed by atoms with Gasteiger partial charge >= 0.3 is 0 Å². The van der Waals surface area contributed by atoms with Gasteiger partial charge in [-0.05, 0) is 48.6 Å². The number of ketones is 2. The van der Waals surface area contributed by atoms with Gasteiger partial charge in [-0.2, -0.15) is 0 Å². The Kier molecular flexibility index (Phi) is 6.38. The van der Waals surface area contributed by atoms with Crippen LogP contribution in [-0.4, -0.2) is 40.0 Å². The van der Waals surface area contributed by atoms with Gasteiger partial charge in [-0.3, -0.25) is 9.59 Å². The summed E-state index contributed by atoms with van der Waals surface area (Å²) in [6.07, 6.45) is 2.45. The Bertz CT molecular complexity index is 769. The molecule has 0 aliphatic rings. The van der Waals surface area contributed by atoms with Crippen molar-refractivity contribution in [2.24, 2.45) is 0 Å². The van der Waals surface area contributed by atoms with Gasteiger partial charge in [0, 0.05) is 11.1 Å². The predicted molar refractivity (Wildman–Crippen MR) is 96.9 cm³/mol. The SMILES string of the molecule is COc1ccc(C(=O)/C=C/C(=O)c2ccc(OC)c(OC)c2)cc1OC. The Morgan fingerprint density at radius 3 is 1.27 bits per heavy atom. The molecule has 0 heterocycles. The second kappa shape index (κ2) is 8.71. The second-order valence-electron chi connectivity index (χ2n) is 5.20. The Morgan fingerprint density at radius 1 is 0.615 bits per heavy atom. The highest BCUT2D eigenvalue weighted by Gasteiger charge is 2.11. The van der Waals surface area contributed by atoms with Gasteiger partial charge in [0.1, 0.15) is 0 Å². The van der Waals surface area contributed by atoms with E-state index in [-0.39, 0.29) is 11.6 Å². The van der Waals surface area contributed by atoms with Crippen LogP contribution in [0.1, 0.15) is 20.7 Å². The molecule has 6 heteroatoms. The molecule has 0 bridgehead atoms. The van der Waals surface area contributed by atoms with Crippen LogP contribution < -0.4 is 18.9 Å². The second-order valence-corrected chi connectivity index (χ2v) is 5.20. The Morgan fingerprint density at radius 2 is 0.962 bits per heavy atom. The maximum absolute atomic E-state index is 12.3. The lowest BCUT2D eigenvalue weighted by Crippen LogP contribution is -2.01. The number of hydrogen-bond acceptors (Lipinski definition) is 6. The summed E-state index contributed by atoms with van der Waals surface area (Å²) in [5, 5.41) is 0. The highest BCUT2D eigenvalue weighted by molar-refractivity contribution is 6.12. The van der Waals surface area contributed by atoms with E-state index in [1.165, 1.54) is 40.6 Å². The smallest absolute Gasteiger partial charge is 0.186 e. The zero-order chi connectivity index (χ0) is 19.1. The fourth-order valence-electron chi connectivity index (χ4n) is 2.32. The summed E-state index contributed by atoms with van der Waals surface area (Å²) < 4.78 is 20.6. The van der Waals surface area contributed by atoms with Crippen molar-refractivity contribution in [3.63, 3.8) is 0 Å². The fraction of sp³-hybridized carbons (Fsp3) is 0.200. The molecule has 2 aromatic carbocycles. The lowest BCUT2D eigenvalue weighted by Gasteiger charge is -2.08. The van der Waals surface area contributed by atoms with Crippen LogP contribution in [0.4, 0.5) is 0 Å². The largest absolute Gasteiger partial charge is 0.493 e. The number of allylic oxidation sites excluding steroid dienone is 2. The Labute approximate surface area is 151 Å². The molecule has 0 atom stereocenters. The van der Waals surface area contributed by atoms with Crippen molar-refractivity contribution in [2.45, 2.75) is 0 Å². The summed E-state index contributed by atoms with van der Waals surface area (Å²) in [5.74, 6) is 1.29. The van der Waals surface area contributed by atoms with Crippen LogP contribution in [-0.2, 0) is 0 Å². The molecule has 0 saturated heterocycles. The Hall–Kier alpha value is -3.28. The van der Waals surface area contributed by atoms with Gasteiger partial charge in [0.25, 0.3) is 0 Å². The highest BCUT2D eigenvalue weighted by atomic mass is 16.5. The van der Waals surface area contributed by atoms with E-state index in [0.29, 0.717) is 34.1 Å². The van der Waals surface area contributed by atoms with E-state index in [4.69, 9.17) is 18.9 Å². The summed E-state index contributed by atoms with van der Waals surface area (Å²) in [4.78, 5) is 24.6. The molecule has 0 fully saturated rings. The molecule has 6 nitrogen and oxygen atoms in total. The standard InChI is InChI=1S/C20H20O6/c1-23-17-9-5-13(11-19(17)25-3)15(21)7-8-16(22)14-6-10-18(24-2)20(12-14)26-4/h5-12H,1-4H3/b8-7+. The van der Waals surface area contributed by atoms with Crippen molar-refractivity contribution in [1.82, 2.24) is 0 Å². The first-order chi connectivity index (χ1) is 12.5. The molecule has 2 aromatic rings. The van der Waals surface area contributed by atoms with E-state index in [0.717, 1.165) is 0 Å². The van der Waals surface area contributed by atoms with Crippen LogP contribution in [0.5, 0.6) is 23.0 Å². The summed E-state index contributed by atoms with van der Waals surface area (Å²) in [6.45, 7) is 0. The quantitative estimate of drug-likeness (QED) is 0.534. The first-order valence-corrected chi connectivity index (χ1v) is 7.74. The average Bonchev–Trinajstić information content (AvgIpc) is 2.70. The van der Waals surface area contributed by atoms with E-state index in [9.17, 15) is 9.59 Å². The third kappa shape index (κ3) is 4.22. The summed E-state index contributed by atoms with van der Waals surface area (Å²) >= 11 is 0. The molecule has 26 heavy (non-hydrogen) atoms. The number of methoxy groups -OCH3 is 4. The first kappa shape index (κ1) is 19.1. The van der Waals surface area contributed by atoms with E-state index >= 15 is 0 Å². The maximum Gasteiger partial charge on any atom is 0.186 e. The molecule has 2 rings (SSSR count). The molecule has 0 N–H and O–H groups in total. The molecule has 0 saturated carbocycles. The topological polar surface area (TPSA) is 71.1 Å². The number of ether oxygens (including phenoxy) is 4. The van der Waals surface area contributed by atoms with Crippen LogP contribution >= 0.6 is 0 Å². The number of carbonyl (C=O) groups excluding carboxylic acids is 2. The molecule has 0 aliphatic heterocycles. The number of carbonyl (C=O) groups is 2. The van der Waals surface area contributed by atoms with Gasteiger partial charge in [-0.25, -0.2) is 0 Å². The van der Waals surface area contributed by atoms with Crippen molar-refractivity contribution in [2.75, 3.05) is 28.4 Å². The zero-order valence-electron chi connectivity index (χ0n) is 15.1. The molecule has 0 aromatic heterocycles. The third-order valence-corrected chi connectivity index (χ3v) is 3.72. The zero-order valence-corrected chi connectivity index (χ0v) is 15.1. The van der Waals surface area contributed by atoms with Crippen LogP contribution in [0.15, 0.2) is 48.6 Å². The van der Waals surface area contributed by atoms with E-state index in [1.807, 2.05) is 0 Å². The van der Waals surface area contributed by atoms with Crippen molar-refractivity contribution >= 4 is 11.6 Å².